The van der Waals surface area contributed by atoms with Crippen LogP contribution in [0.2, 0.25) is 0 Å². The zero-order valence-electron chi connectivity index (χ0n) is 11.8. The fourth-order valence-electron chi connectivity index (χ4n) is 2.96. The lowest BCUT2D eigenvalue weighted by molar-refractivity contribution is -0.141. The molecule has 0 aromatic heterocycles. The second-order valence-electron chi connectivity index (χ2n) is 5.51. The van der Waals surface area contributed by atoms with Crippen molar-refractivity contribution in [3.63, 3.8) is 0 Å². The van der Waals surface area contributed by atoms with E-state index in [2.05, 4.69) is 21.2 Å². The minimum atomic E-state index is -0.740. The molecular formula is C15H18BrNO4. The highest BCUT2D eigenvalue weighted by Crippen LogP contribution is 2.44. The molecule has 2 heterocycles. The summed E-state index contributed by atoms with van der Waals surface area (Å²) >= 11 is 3.54. The van der Waals surface area contributed by atoms with Crippen LogP contribution in [-0.2, 0) is 4.79 Å². The molecule has 2 aliphatic rings. The molecule has 114 valence electrons. The van der Waals surface area contributed by atoms with Gasteiger partial charge in [-0.1, -0.05) is 0 Å². The molecule has 2 aliphatic heterocycles. The summed E-state index contributed by atoms with van der Waals surface area (Å²) in [5.41, 5.74) is 2.11. The van der Waals surface area contributed by atoms with Gasteiger partial charge in [-0.25, -0.2) is 0 Å². The van der Waals surface area contributed by atoms with Crippen LogP contribution < -0.4 is 14.8 Å². The van der Waals surface area contributed by atoms with E-state index in [9.17, 15) is 4.79 Å². The first-order valence-corrected chi connectivity index (χ1v) is 7.92. The van der Waals surface area contributed by atoms with Crippen molar-refractivity contribution in [2.45, 2.75) is 25.8 Å². The summed E-state index contributed by atoms with van der Waals surface area (Å²) in [6.07, 6.45) is 1.46. The van der Waals surface area contributed by atoms with Crippen LogP contribution in [-0.4, -0.2) is 30.8 Å². The lowest BCUT2D eigenvalue weighted by Gasteiger charge is -2.19. The number of nitrogens with one attached hydrogen (secondary N) is 1. The third-order valence-electron chi connectivity index (χ3n) is 4.12. The summed E-state index contributed by atoms with van der Waals surface area (Å²) in [6, 6.07) is 2.06. The Labute approximate surface area is 131 Å². The van der Waals surface area contributed by atoms with Gasteiger partial charge in [0.15, 0.2) is 11.5 Å². The maximum absolute atomic E-state index is 11.1. The SMILES string of the molecule is Cc1c(C2CC(C(=O)O)CN2)cc(Br)c2c1OCCCO2. The summed E-state index contributed by atoms with van der Waals surface area (Å²) in [4.78, 5) is 11.1. The van der Waals surface area contributed by atoms with Gasteiger partial charge in [0.2, 0.25) is 0 Å². The first-order chi connectivity index (χ1) is 10.1. The van der Waals surface area contributed by atoms with Crippen LogP contribution in [0.1, 0.15) is 30.0 Å². The summed E-state index contributed by atoms with van der Waals surface area (Å²) in [6.45, 7) is 3.79. The Bertz CT molecular complexity index is 575. The minimum absolute atomic E-state index is 0.0413. The normalized spacial score (nSPS) is 24.7. The van der Waals surface area contributed by atoms with Crippen LogP contribution in [0.3, 0.4) is 0 Å². The average Bonchev–Trinajstić information content (AvgIpc) is 2.80. The fourth-order valence-corrected chi connectivity index (χ4v) is 3.50. The number of halogens is 1. The quantitative estimate of drug-likeness (QED) is 0.853. The van der Waals surface area contributed by atoms with Crippen LogP contribution in [0.15, 0.2) is 10.5 Å². The maximum Gasteiger partial charge on any atom is 0.307 e. The van der Waals surface area contributed by atoms with Crippen LogP contribution >= 0.6 is 15.9 Å². The standard InChI is InChI=1S/C15H18BrNO4/c1-8-10(12-5-9(7-17-12)15(18)19)6-11(16)14-13(8)20-3-2-4-21-14/h6,9,12,17H,2-5,7H2,1H3,(H,18,19). The Kier molecular flexibility index (Phi) is 4.08. The molecule has 0 amide bonds. The largest absolute Gasteiger partial charge is 0.489 e. The third kappa shape index (κ3) is 2.74. The fraction of sp³-hybridized carbons (Fsp3) is 0.533. The van der Waals surface area contributed by atoms with Crippen molar-refractivity contribution in [3.05, 3.63) is 21.7 Å². The van der Waals surface area contributed by atoms with Crippen molar-refractivity contribution < 1.29 is 19.4 Å². The molecule has 3 rings (SSSR count). The Morgan fingerprint density at radius 3 is 2.76 bits per heavy atom. The number of carboxylic acids is 1. The summed E-state index contributed by atoms with van der Waals surface area (Å²) in [5, 5.41) is 12.4. The van der Waals surface area contributed by atoms with Crippen molar-refractivity contribution in [2.75, 3.05) is 19.8 Å². The number of fused-ring (bicyclic) bond motifs is 1. The third-order valence-corrected chi connectivity index (χ3v) is 4.71. The van der Waals surface area contributed by atoms with Gasteiger partial charge in [-0.15, -0.1) is 0 Å². The minimum Gasteiger partial charge on any atom is -0.489 e. The van der Waals surface area contributed by atoms with Crippen molar-refractivity contribution in [3.8, 4) is 11.5 Å². The van der Waals surface area contributed by atoms with Gasteiger partial charge < -0.3 is 19.9 Å². The Balaban J connectivity index is 1.95. The van der Waals surface area contributed by atoms with E-state index in [1.54, 1.807) is 0 Å². The summed E-state index contributed by atoms with van der Waals surface area (Å²) in [7, 11) is 0. The second-order valence-corrected chi connectivity index (χ2v) is 6.37. The molecule has 1 saturated heterocycles. The van der Waals surface area contributed by atoms with E-state index in [0.29, 0.717) is 26.2 Å². The topological polar surface area (TPSA) is 67.8 Å². The van der Waals surface area contributed by atoms with E-state index in [1.165, 1.54) is 0 Å². The first kappa shape index (κ1) is 14.7. The molecule has 0 spiro atoms. The van der Waals surface area contributed by atoms with E-state index in [-0.39, 0.29) is 12.0 Å². The van der Waals surface area contributed by atoms with Crippen LogP contribution in [0.5, 0.6) is 11.5 Å². The van der Waals surface area contributed by atoms with Gasteiger partial charge in [0.1, 0.15) is 0 Å². The molecule has 2 atom stereocenters. The predicted molar refractivity (Wildman–Crippen MR) is 81.0 cm³/mol. The van der Waals surface area contributed by atoms with E-state index in [0.717, 1.165) is 33.5 Å². The number of carbonyl (C=O) groups is 1. The number of hydrogen-bond acceptors (Lipinski definition) is 4. The Hall–Kier alpha value is -1.27. The monoisotopic (exact) mass is 355 g/mol. The number of carboxylic acid groups (broad SMARTS) is 1. The molecule has 0 aliphatic carbocycles. The molecule has 2 N–H and O–H groups in total. The van der Waals surface area contributed by atoms with Crippen LogP contribution in [0.4, 0.5) is 0 Å². The maximum atomic E-state index is 11.1. The highest BCUT2D eigenvalue weighted by Gasteiger charge is 2.32. The zero-order valence-corrected chi connectivity index (χ0v) is 13.4. The van der Waals surface area contributed by atoms with Crippen LogP contribution in [0, 0.1) is 12.8 Å². The summed E-state index contributed by atoms with van der Waals surface area (Å²) < 4.78 is 12.4. The molecule has 1 fully saturated rings. The molecule has 0 radical (unpaired) electrons. The van der Waals surface area contributed by atoms with Gasteiger partial charge in [-0.05, 0) is 46.5 Å². The smallest absolute Gasteiger partial charge is 0.307 e. The van der Waals surface area contributed by atoms with Gasteiger partial charge in [-0.3, -0.25) is 4.79 Å². The number of benzene rings is 1. The molecule has 6 heteroatoms. The van der Waals surface area contributed by atoms with E-state index >= 15 is 0 Å². The number of ether oxygens (including phenoxy) is 2. The molecule has 1 aromatic rings. The number of hydrogen-bond donors (Lipinski definition) is 2. The van der Waals surface area contributed by atoms with Crippen molar-refractivity contribution >= 4 is 21.9 Å². The van der Waals surface area contributed by atoms with Gasteiger partial charge in [0.25, 0.3) is 0 Å². The van der Waals surface area contributed by atoms with E-state index < -0.39 is 5.97 Å². The van der Waals surface area contributed by atoms with Crippen LogP contribution in [0.25, 0.3) is 0 Å². The summed E-state index contributed by atoms with van der Waals surface area (Å²) in [5.74, 6) is 0.458. The van der Waals surface area contributed by atoms with Crippen molar-refractivity contribution in [1.82, 2.24) is 5.32 Å². The zero-order chi connectivity index (χ0) is 15.0. The number of rotatable bonds is 2. The van der Waals surface area contributed by atoms with Crippen molar-refractivity contribution in [1.29, 1.82) is 0 Å². The molecule has 21 heavy (non-hydrogen) atoms. The van der Waals surface area contributed by atoms with Crippen molar-refractivity contribution in [2.24, 2.45) is 5.92 Å². The molecule has 1 aromatic carbocycles. The van der Waals surface area contributed by atoms with Gasteiger partial charge >= 0.3 is 5.97 Å². The lowest BCUT2D eigenvalue weighted by atomic mass is 9.96. The molecule has 0 bridgehead atoms. The van der Waals surface area contributed by atoms with E-state index in [4.69, 9.17) is 14.6 Å². The predicted octanol–water partition coefficient (Wildman–Crippen LogP) is 2.65. The van der Waals surface area contributed by atoms with Gasteiger partial charge in [0.05, 0.1) is 23.6 Å². The Morgan fingerprint density at radius 2 is 2.10 bits per heavy atom. The van der Waals surface area contributed by atoms with Gasteiger partial charge in [0, 0.05) is 19.0 Å². The highest BCUT2D eigenvalue weighted by molar-refractivity contribution is 9.10. The number of aliphatic carboxylic acids is 1. The average molecular weight is 356 g/mol. The Morgan fingerprint density at radius 1 is 1.38 bits per heavy atom. The second kappa shape index (κ2) is 5.85. The highest BCUT2D eigenvalue weighted by atomic mass is 79.9. The molecule has 0 saturated carbocycles. The van der Waals surface area contributed by atoms with E-state index in [1.807, 2.05) is 13.0 Å². The molecule has 2 unspecified atom stereocenters. The van der Waals surface area contributed by atoms with Gasteiger partial charge in [-0.2, -0.15) is 0 Å². The first-order valence-electron chi connectivity index (χ1n) is 7.12. The lowest BCUT2D eigenvalue weighted by Crippen LogP contribution is -2.17. The molecule has 5 nitrogen and oxygen atoms in total. The molecular weight excluding hydrogens is 338 g/mol.